The van der Waals surface area contributed by atoms with Crippen molar-refractivity contribution in [3.63, 3.8) is 0 Å². The topological polar surface area (TPSA) is 15.3 Å². The molecular formula is C14H15FN2S2. The molecular weight excluding hydrogens is 279 g/mol. The summed E-state index contributed by atoms with van der Waals surface area (Å²) in [6.45, 7) is 2.48. The van der Waals surface area contributed by atoms with Gasteiger partial charge in [-0.25, -0.2) is 4.39 Å². The van der Waals surface area contributed by atoms with Crippen LogP contribution in [-0.4, -0.2) is 17.1 Å². The molecule has 1 heterocycles. The van der Waals surface area contributed by atoms with E-state index in [2.05, 4.69) is 16.8 Å². The lowest BCUT2D eigenvalue weighted by molar-refractivity contribution is 0.509. The van der Waals surface area contributed by atoms with Crippen LogP contribution < -0.4 is 5.32 Å². The standard InChI is InChI=1S/C14H15FN2S2/c1-10-3-4-12(7-13(10)15)16-14(18)17(2)8-11-5-6-19-9-11/h3-7,9H,8H2,1-2H3,(H,16,18). The molecule has 100 valence electrons. The van der Waals surface area contributed by atoms with Gasteiger partial charge in [-0.3, -0.25) is 0 Å². The lowest BCUT2D eigenvalue weighted by Crippen LogP contribution is -2.30. The Morgan fingerprint density at radius 3 is 2.84 bits per heavy atom. The van der Waals surface area contributed by atoms with E-state index < -0.39 is 0 Å². The zero-order valence-electron chi connectivity index (χ0n) is 10.8. The first kappa shape index (κ1) is 14.0. The van der Waals surface area contributed by atoms with E-state index in [-0.39, 0.29) is 5.82 Å². The molecule has 0 aliphatic carbocycles. The van der Waals surface area contributed by atoms with E-state index in [0.29, 0.717) is 16.4 Å². The largest absolute Gasteiger partial charge is 0.348 e. The quantitative estimate of drug-likeness (QED) is 0.861. The maximum Gasteiger partial charge on any atom is 0.173 e. The number of hydrogen-bond acceptors (Lipinski definition) is 2. The zero-order valence-corrected chi connectivity index (χ0v) is 12.4. The zero-order chi connectivity index (χ0) is 13.8. The molecule has 5 heteroatoms. The summed E-state index contributed by atoms with van der Waals surface area (Å²) >= 11 is 6.96. The van der Waals surface area contributed by atoms with Crippen molar-refractivity contribution in [3.8, 4) is 0 Å². The minimum absolute atomic E-state index is 0.228. The van der Waals surface area contributed by atoms with Gasteiger partial charge in [0.2, 0.25) is 0 Å². The lowest BCUT2D eigenvalue weighted by atomic mass is 10.2. The molecule has 2 rings (SSSR count). The predicted molar refractivity (Wildman–Crippen MR) is 83.1 cm³/mol. The number of hydrogen-bond donors (Lipinski definition) is 1. The van der Waals surface area contributed by atoms with Gasteiger partial charge < -0.3 is 10.2 Å². The summed E-state index contributed by atoms with van der Waals surface area (Å²) in [4.78, 5) is 1.93. The fraction of sp³-hybridized carbons (Fsp3) is 0.214. The van der Waals surface area contributed by atoms with E-state index in [9.17, 15) is 4.39 Å². The van der Waals surface area contributed by atoms with E-state index in [1.807, 2.05) is 23.4 Å². The van der Waals surface area contributed by atoms with Crippen LogP contribution in [0, 0.1) is 12.7 Å². The van der Waals surface area contributed by atoms with Crippen LogP contribution in [0.2, 0.25) is 0 Å². The van der Waals surface area contributed by atoms with Crippen LogP contribution in [0.25, 0.3) is 0 Å². The molecule has 0 amide bonds. The Kier molecular flexibility index (Phi) is 4.50. The molecule has 0 unspecified atom stereocenters. The molecule has 0 bridgehead atoms. The number of benzene rings is 1. The average molecular weight is 294 g/mol. The molecule has 0 atom stereocenters. The van der Waals surface area contributed by atoms with Gasteiger partial charge in [0.25, 0.3) is 0 Å². The van der Waals surface area contributed by atoms with E-state index >= 15 is 0 Å². The summed E-state index contributed by atoms with van der Waals surface area (Å²) in [6.07, 6.45) is 0. The normalized spacial score (nSPS) is 10.3. The number of nitrogens with one attached hydrogen (secondary N) is 1. The first-order chi connectivity index (χ1) is 9.06. The number of nitrogens with zero attached hydrogens (tertiary/aromatic N) is 1. The molecule has 0 spiro atoms. The molecule has 0 saturated carbocycles. The van der Waals surface area contributed by atoms with Crippen LogP contribution in [-0.2, 0) is 6.54 Å². The van der Waals surface area contributed by atoms with Crippen molar-refractivity contribution in [1.82, 2.24) is 4.90 Å². The van der Waals surface area contributed by atoms with Crippen molar-refractivity contribution >= 4 is 34.4 Å². The molecule has 0 aliphatic rings. The van der Waals surface area contributed by atoms with Crippen molar-refractivity contribution in [2.24, 2.45) is 0 Å². The smallest absolute Gasteiger partial charge is 0.173 e. The summed E-state index contributed by atoms with van der Waals surface area (Å²) in [5.41, 5.74) is 2.51. The number of thiophene rings is 1. The highest BCUT2D eigenvalue weighted by Gasteiger charge is 2.07. The molecule has 2 nitrogen and oxygen atoms in total. The number of halogens is 1. The second-order valence-electron chi connectivity index (χ2n) is 4.38. The first-order valence-corrected chi connectivity index (χ1v) is 7.20. The van der Waals surface area contributed by atoms with E-state index in [1.165, 1.54) is 11.6 Å². The van der Waals surface area contributed by atoms with Crippen LogP contribution in [0.3, 0.4) is 0 Å². The molecule has 1 aromatic carbocycles. The first-order valence-electron chi connectivity index (χ1n) is 5.85. The minimum atomic E-state index is -0.228. The highest BCUT2D eigenvalue weighted by Crippen LogP contribution is 2.15. The van der Waals surface area contributed by atoms with Crippen LogP contribution in [0.5, 0.6) is 0 Å². The van der Waals surface area contributed by atoms with Crippen molar-refractivity contribution in [1.29, 1.82) is 0 Å². The number of aryl methyl sites for hydroxylation is 1. The van der Waals surface area contributed by atoms with Gasteiger partial charge in [0.15, 0.2) is 5.11 Å². The molecule has 2 aromatic rings. The van der Waals surface area contributed by atoms with Gasteiger partial charge in [-0.2, -0.15) is 11.3 Å². The second kappa shape index (κ2) is 6.12. The van der Waals surface area contributed by atoms with Gasteiger partial charge in [-0.1, -0.05) is 6.07 Å². The molecule has 0 fully saturated rings. The molecule has 1 aromatic heterocycles. The van der Waals surface area contributed by atoms with E-state index in [1.54, 1.807) is 24.3 Å². The fourth-order valence-corrected chi connectivity index (χ4v) is 2.46. The summed E-state index contributed by atoms with van der Waals surface area (Å²) in [5.74, 6) is -0.228. The summed E-state index contributed by atoms with van der Waals surface area (Å²) in [7, 11) is 1.91. The Bertz CT molecular complexity index is 567. The maximum absolute atomic E-state index is 13.4. The van der Waals surface area contributed by atoms with E-state index in [4.69, 9.17) is 12.2 Å². The molecule has 1 N–H and O–H groups in total. The molecule has 19 heavy (non-hydrogen) atoms. The Morgan fingerprint density at radius 1 is 1.42 bits per heavy atom. The third-order valence-corrected chi connectivity index (χ3v) is 3.92. The third kappa shape index (κ3) is 3.75. The van der Waals surface area contributed by atoms with Gasteiger partial charge in [-0.05, 0) is 59.2 Å². The molecule has 0 aliphatic heterocycles. The fourth-order valence-electron chi connectivity index (χ4n) is 1.62. The van der Waals surface area contributed by atoms with Crippen molar-refractivity contribution in [3.05, 3.63) is 52.0 Å². The van der Waals surface area contributed by atoms with Crippen molar-refractivity contribution in [2.75, 3.05) is 12.4 Å². The van der Waals surface area contributed by atoms with Gasteiger partial charge in [0, 0.05) is 19.3 Å². The number of thiocarbonyl (C=S) groups is 1. The summed E-state index contributed by atoms with van der Waals surface area (Å²) in [5, 5.41) is 7.75. The van der Waals surface area contributed by atoms with Crippen LogP contribution >= 0.6 is 23.6 Å². The monoisotopic (exact) mass is 294 g/mol. The van der Waals surface area contributed by atoms with Crippen molar-refractivity contribution in [2.45, 2.75) is 13.5 Å². The maximum atomic E-state index is 13.4. The summed E-state index contributed by atoms with van der Waals surface area (Å²) < 4.78 is 13.4. The SMILES string of the molecule is Cc1ccc(NC(=S)N(C)Cc2ccsc2)cc1F. The lowest BCUT2D eigenvalue weighted by Gasteiger charge is -2.20. The average Bonchev–Trinajstić information content (AvgIpc) is 2.86. The number of rotatable bonds is 3. The van der Waals surface area contributed by atoms with Gasteiger partial charge in [0.1, 0.15) is 5.82 Å². The van der Waals surface area contributed by atoms with Crippen LogP contribution in [0.1, 0.15) is 11.1 Å². The molecule has 0 saturated heterocycles. The predicted octanol–water partition coefficient (Wildman–Crippen LogP) is 4.02. The van der Waals surface area contributed by atoms with Gasteiger partial charge >= 0.3 is 0 Å². The Hall–Kier alpha value is -1.46. The van der Waals surface area contributed by atoms with Crippen molar-refractivity contribution < 1.29 is 4.39 Å². The summed E-state index contributed by atoms with van der Waals surface area (Å²) in [6, 6.07) is 7.08. The Balaban J connectivity index is 1.98. The van der Waals surface area contributed by atoms with E-state index in [0.717, 1.165) is 6.54 Å². The Morgan fingerprint density at radius 2 is 2.21 bits per heavy atom. The van der Waals surface area contributed by atoms with Crippen LogP contribution in [0.15, 0.2) is 35.0 Å². The van der Waals surface area contributed by atoms with Crippen LogP contribution in [0.4, 0.5) is 10.1 Å². The highest BCUT2D eigenvalue weighted by molar-refractivity contribution is 7.80. The van der Waals surface area contributed by atoms with Gasteiger partial charge in [-0.15, -0.1) is 0 Å². The van der Waals surface area contributed by atoms with Gasteiger partial charge in [0.05, 0.1) is 0 Å². The number of anilines is 1. The second-order valence-corrected chi connectivity index (χ2v) is 5.55. The third-order valence-electron chi connectivity index (χ3n) is 2.77. The Labute approximate surface area is 121 Å². The molecule has 0 radical (unpaired) electrons. The highest BCUT2D eigenvalue weighted by atomic mass is 32.1. The minimum Gasteiger partial charge on any atom is -0.348 e.